The van der Waals surface area contributed by atoms with Crippen molar-refractivity contribution in [3.05, 3.63) is 69.8 Å². The van der Waals surface area contributed by atoms with Crippen LogP contribution in [0.1, 0.15) is 17.2 Å². The molecular formula is C15H13N3O5. The van der Waals surface area contributed by atoms with Crippen LogP contribution in [0, 0.1) is 10.1 Å². The van der Waals surface area contributed by atoms with Crippen molar-refractivity contribution in [3.8, 4) is 5.75 Å². The second kappa shape index (κ2) is 7.14. The van der Waals surface area contributed by atoms with Gasteiger partial charge in [-0.25, -0.2) is 5.43 Å². The third-order valence-corrected chi connectivity index (χ3v) is 2.95. The van der Waals surface area contributed by atoms with Gasteiger partial charge in [-0.05, 0) is 17.7 Å². The number of nitrogens with zero attached hydrogens (tertiary/aromatic N) is 2. The van der Waals surface area contributed by atoms with Crippen LogP contribution in [0.25, 0.3) is 0 Å². The maximum atomic E-state index is 11.8. The molecule has 8 nitrogen and oxygen atoms in total. The normalized spacial score (nSPS) is 12.0. The van der Waals surface area contributed by atoms with Crippen LogP contribution >= 0.6 is 0 Å². The van der Waals surface area contributed by atoms with Crippen molar-refractivity contribution < 1.29 is 19.9 Å². The Kier molecular flexibility index (Phi) is 5.00. The molecule has 0 aromatic heterocycles. The third-order valence-electron chi connectivity index (χ3n) is 2.95. The first-order valence-corrected chi connectivity index (χ1v) is 6.52. The lowest BCUT2D eigenvalue weighted by Gasteiger charge is -2.08. The third kappa shape index (κ3) is 4.11. The van der Waals surface area contributed by atoms with Gasteiger partial charge in [0, 0.05) is 6.07 Å². The number of carbonyl (C=O) groups is 1. The van der Waals surface area contributed by atoms with Crippen LogP contribution in [0.5, 0.6) is 5.75 Å². The number of phenolic OH excluding ortho intramolecular Hbond substituents is 1. The summed E-state index contributed by atoms with van der Waals surface area (Å²) in [5.74, 6) is -0.956. The summed E-state index contributed by atoms with van der Waals surface area (Å²) >= 11 is 0. The molecule has 0 heterocycles. The highest BCUT2D eigenvalue weighted by molar-refractivity contribution is 5.88. The summed E-state index contributed by atoms with van der Waals surface area (Å²) in [6, 6.07) is 11.7. The van der Waals surface area contributed by atoms with E-state index in [-0.39, 0.29) is 17.0 Å². The lowest BCUT2D eigenvalue weighted by molar-refractivity contribution is -0.385. The number of nitro groups is 1. The molecule has 23 heavy (non-hydrogen) atoms. The summed E-state index contributed by atoms with van der Waals surface area (Å²) in [6.07, 6.45) is -0.388. The van der Waals surface area contributed by atoms with Crippen LogP contribution < -0.4 is 5.43 Å². The summed E-state index contributed by atoms with van der Waals surface area (Å²) in [5.41, 5.74) is 2.23. The highest BCUT2D eigenvalue weighted by atomic mass is 16.6. The van der Waals surface area contributed by atoms with E-state index in [0.29, 0.717) is 5.56 Å². The molecule has 0 aliphatic rings. The molecule has 0 aliphatic carbocycles. The monoisotopic (exact) mass is 315 g/mol. The number of benzene rings is 2. The number of carbonyl (C=O) groups excluding carboxylic acids is 1. The molecule has 0 saturated carbocycles. The van der Waals surface area contributed by atoms with Gasteiger partial charge in [0.25, 0.3) is 11.6 Å². The molecule has 2 aromatic carbocycles. The van der Waals surface area contributed by atoms with Crippen molar-refractivity contribution in [2.75, 3.05) is 0 Å². The highest BCUT2D eigenvalue weighted by Gasteiger charge is 2.16. The van der Waals surface area contributed by atoms with E-state index in [4.69, 9.17) is 0 Å². The first-order valence-electron chi connectivity index (χ1n) is 6.52. The van der Waals surface area contributed by atoms with E-state index in [1.54, 1.807) is 30.3 Å². The number of hydrogen-bond donors (Lipinski definition) is 3. The van der Waals surface area contributed by atoms with E-state index < -0.39 is 16.9 Å². The Morgan fingerprint density at radius 1 is 1.26 bits per heavy atom. The van der Waals surface area contributed by atoms with E-state index in [1.807, 2.05) is 0 Å². The predicted molar refractivity (Wildman–Crippen MR) is 81.9 cm³/mol. The Morgan fingerprint density at radius 3 is 2.61 bits per heavy atom. The fourth-order valence-electron chi connectivity index (χ4n) is 1.82. The van der Waals surface area contributed by atoms with Crippen molar-refractivity contribution in [2.24, 2.45) is 5.10 Å². The molecule has 118 valence electrons. The second-order valence-electron chi connectivity index (χ2n) is 4.55. The van der Waals surface area contributed by atoms with Crippen LogP contribution in [0.2, 0.25) is 0 Å². The summed E-state index contributed by atoms with van der Waals surface area (Å²) in [6.45, 7) is 0. The van der Waals surface area contributed by atoms with Gasteiger partial charge in [-0.3, -0.25) is 14.9 Å². The van der Waals surface area contributed by atoms with Gasteiger partial charge in [0.2, 0.25) is 0 Å². The molecule has 3 N–H and O–H groups in total. The second-order valence-corrected chi connectivity index (χ2v) is 4.55. The van der Waals surface area contributed by atoms with Crippen molar-refractivity contribution in [2.45, 2.75) is 6.10 Å². The zero-order valence-electron chi connectivity index (χ0n) is 11.8. The Balaban J connectivity index is 2.09. The fraction of sp³-hybridized carbons (Fsp3) is 0.0667. The fourth-order valence-corrected chi connectivity index (χ4v) is 1.82. The van der Waals surface area contributed by atoms with E-state index in [1.165, 1.54) is 6.07 Å². The SMILES string of the molecule is O=C(N/N=C/c1cc(O)ccc1[N+](=O)[O-])C(O)c1ccccc1. The number of amides is 1. The number of nitro benzene ring substituents is 1. The summed E-state index contributed by atoms with van der Waals surface area (Å²) < 4.78 is 0. The number of aromatic hydroxyl groups is 1. The minimum Gasteiger partial charge on any atom is -0.508 e. The van der Waals surface area contributed by atoms with Gasteiger partial charge >= 0.3 is 0 Å². The number of nitrogens with one attached hydrogen (secondary N) is 1. The van der Waals surface area contributed by atoms with Gasteiger partial charge < -0.3 is 10.2 Å². The summed E-state index contributed by atoms with van der Waals surface area (Å²) in [7, 11) is 0. The van der Waals surface area contributed by atoms with Crippen molar-refractivity contribution in [3.63, 3.8) is 0 Å². The number of aliphatic hydroxyl groups is 1. The van der Waals surface area contributed by atoms with E-state index in [9.17, 15) is 25.1 Å². The largest absolute Gasteiger partial charge is 0.508 e. The van der Waals surface area contributed by atoms with E-state index >= 15 is 0 Å². The zero-order valence-corrected chi connectivity index (χ0v) is 11.8. The topological polar surface area (TPSA) is 125 Å². The number of hydrogen-bond acceptors (Lipinski definition) is 6. The van der Waals surface area contributed by atoms with Crippen LogP contribution in [0.4, 0.5) is 5.69 Å². The highest BCUT2D eigenvalue weighted by Crippen LogP contribution is 2.21. The standard InChI is InChI=1S/C15H13N3O5/c19-12-6-7-13(18(22)23)11(8-12)9-16-17-15(21)14(20)10-4-2-1-3-5-10/h1-9,14,19-20H,(H,17,21)/b16-9+. The molecule has 1 unspecified atom stereocenters. The van der Waals surface area contributed by atoms with Gasteiger partial charge in [-0.2, -0.15) is 5.10 Å². The van der Waals surface area contributed by atoms with E-state index in [2.05, 4.69) is 10.5 Å². The van der Waals surface area contributed by atoms with Crippen molar-refractivity contribution >= 4 is 17.8 Å². The van der Waals surface area contributed by atoms with Gasteiger partial charge in [0.1, 0.15) is 5.75 Å². The minimum absolute atomic E-state index is 0.0181. The zero-order chi connectivity index (χ0) is 16.8. The smallest absolute Gasteiger partial charge is 0.278 e. The van der Waals surface area contributed by atoms with Crippen LogP contribution in [0.15, 0.2) is 53.6 Å². The minimum atomic E-state index is -1.41. The Bertz CT molecular complexity index is 746. The van der Waals surface area contributed by atoms with Crippen LogP contribution in [-0.2, 0) is 4.79 Å². The number of hydrazone groups is 1. The number of phenols is 1. The quantitative estimate of drug-likeness (QED) is 0.438. The van der Waals surface area contributed by atoms with Crippen molar-refractivity contribution in [1.82, 2.24) is 5.43 Å². The van der Waals surface area contributed by atoms with E-state index in [0.717, 1.165) is 18.3 Å². The lowest BCUT2D eigenvalue weighted by atomic mass is 10.1. The molecule has 1 atom stereocenters. The summed E-state index contributed by atoms with van der Waals surface area (Å²) in [4.78, 5) is 22.0. The molecule has 0 saturated heterocycles. The van der Waals surface area contributed by atoms with Gasteiger partial charge in [-0.1, -0.05) is 30.3 Å². The Labute approximate surface area is 130 Å². The first-order chi connectivity index (χ1) is 11.0. The van der Waals surface area contributed by atoms with Crippen LogP contribution in [0.3, 0.4) is 0 Å². The molecular weight excluding hydrogens is 302 g/mol. The molecule has 1 amide bonds. The first kappa shape index (κ1) is 16.1. The molecule has 0 bridgehead atoms. The average Bonchev–Trinajstić information content (AvgIpc) is 2.54. The molecule has 2 rings (SSSR count). The Hall–Kier alpha value is -3.26. The molecule has 2 aromatic rings. The molecule has 0 fully saturated rings. The number of rotatable bonds is 5. The molecule has 8 heteroatoms. The molecule has 0 aliphatic heterocycles. The lowest BCUT2D eigenvalue weighted by Crippen LogP contribution is -2.25. The number of aliphatic hydroxyl groups excluding tert-OH is 1. The molecule has 0 spiro atoms. The maximum Gasteiger partial charge on any atom is 0.278 e. The maximum absolute atomic E-state index is 11.8. The van der Waals surface area contributed by atoms with Gasteiger partial charge in [0.05, 0.1) is 16.7 Å². The average molecular weight is 315 g/mol. The van der Waals surface area contributed by atoms with Gasteiger partial charge in [-0.15, -0.1) is 0 Å². The van der Waals surface area contributed by atoms with Gasteiger partial charge in [0.15, 0.2) is 6.10 Å². The Morgan fingerprint density at radius 2 is 1.96 bits per heavy atom. The van der Waals surface area contributed by atoms with Crippen molar-refractivity contribution in [1.29, 1.82) is 0 Å². The molecule has 0 radical (unpaired) electrons. The summed E-state index contributed by atoms with van der Waals surface area (Å²) in [5, 5.41) is 33.6. The van der Waals surface area contributed by atoms with Crippen LogP contribution in [-0.4, -0.2) is 27.3 Å². The predicted octanol–water partition coefficient (Wildman–Crippen LogP) is 1.48.